The molecular formula is C21H23N3O2S2. The minimum Gasteiger partial charge on any atom is -0.349 e. The number of thiazole rings is 1. The summed E-state index contributed by atoms with van der Waals surface area (Å²) in [6.45, 7) is 4.53. The van der Waals surface area contributed by atoms with Gasteiger partial charge < -0.3 is 5.32 Å². The number of nitrogens with one attached hydrogen (secondary N) is 1. The van der Waals surface area contributed by atoms with Crippen molar-refractivity contribution in [3.05, 3.63) is 69.1 Å². The highest BCUT2D eigenvalue weighted by Gasteiger charge is 2.32. The van der Waals surface area contributed by atoms with Crippen LogP contribution in [0.4, 0.5) is 0 Å². The van der Waals surface area contributed by atoms with Crippen LogP contribution < -0.4 is 10.9 Å². The second-order valence-electron chi connectivity index (χ2n) is 7.76. The Bertz CT molecular complexity index is 1070. The van der Waals surface area contributed by atoms with E-state index in [1.165, 1.54) is 38.6 Å². The molecule has 2 heterocycles. The van der Waals surface area contributed by atoms with Crippen LogP contribution in [0.25, 0.3) is 4.96 Å². The van der Waals surface area contributed by atoms with Crippen LogP contribution in [0.3, 0.4) is 0 Å². The van der Waals surface area contributed by atoms with Crippen molar-refractivity contribution < 1.29 is 4.79 Å². The van der Waals surface area contributed by atoms with E-state index >= 15 is 0 Å². The first-order valence-corrected chi connectivity index (χ1v) is 11.4. The van der Waals surface area contributed by atoms with Crippen LogP contribution >= 0.6 is 23.1 Å². The molecule has 0 radical (unpaired) electrons. The molecule has 0 saturated carbocycles. The number of hydrogen-bond donors (Lipinski definition) is 1. The van der Waals surface area contributed by atoms with Gasteiger partial charge in [-0.25, -0.2) is 4.98 Å². The largest absolute Gasteiger partial charge is 0.349 e. The summed E-state index contributed by atoms with van der Waals surface area (Å²) in [5, 5.41) is 5.04. The fourth-order valence-electron chi connectivity index (χ4n) is 3.81. The SMILES string of the molecule is CC1(C)CCC(NC(=O)CSCc2cc(=O)n3ccsc3n2)c2ccccc21. The van der Waals surface area contributed by atoms with E-state index in [1.807, 2.05) is 11.4 Å². The van der Waals surface area contributed by atoms with E-state index in [4.69, 9.17) is 0 Å². The number of hydrogen-bond acceptors (Lipinski definition) is 5. The van der Waals surface area contributed by atoms with Crippen LogP contribution in [0, 0.1) is 0 Å². The maximum Gasteiger partial charge on any atom is 0.258 e. The summed E-state index contributed by atoms with van der Waals surface area (Å²) >= 11 is 2.92. The fourth-order valence-corrected chi connectivity index (χ4v) is 5.27. The molecular weight excluding hydrogens is 390 g/mol. The van der Waals surface area contributed by atoms with Crippen LogP contribution in [0.15, 0.2) is 46.7 Å². The Labute approximate surface area is 172 Å². The highest BCUT2D eigenvalue weighted by molar-refractivity contribution is 7.99. The van der Waals surface area contributed by atoms with Crippen molar-refractivity contribution in [2.24, 2.45) is 0 Å². The van der Waals surface area contributed by atoms with Gasteiger partial charge in [0.05, 0.1) is 17.5 Å². The van der Waals surface area contributed by atoms with Crippen molar-refractivity contribution in [3.8, 4) is 0 Å². The van der Waals surface area contributed by atoms with Gasteiger partial charge in [-0.05, 0) is 29.4 Å². The summed E-state index contributed by atoms with van der Waals surface area (Å²) < 4.78 is 1.54. The zero-order valence-corrected chi connectivity index (χ0v) is 17.6. The molecule has 1 atom stereocenters. The summed E-state index contributed by atoms with van der Waals surface area (Å²) in [4.78, 5) is 29.7. The zero-order chi connectivity index (χ0) is 19.7. The van der Waals surface area contributed by atoms with Crippen molar-refractivity contribution in [3.63, 3.8) is 0 Å². The molecule has 0 aliphatic heterocycles. The van der Waals surface area contributed by atoms with E-state index in [9.17, 15) is 9.59 Å². The Hall–Kier alpha value is -2.12. The molecule has 1 unspecified atom stereocenters. The Morgan fingerprint density at radius 3 is 3.07 bits per heavy atom. The molecule has 4 rings (SSSR count). The minimum atomic E-state index is -0.0762. The van der Waals surface area contributed by atoms with E-state index in [1.54, 1.807) is 12.3 Å². The number of fused-ring (bicyclic) bond motifs is 2. The molecule has 28 heavy (non-hydrogen) atoms. The van der Waals surface area contributed by atoms with Crippen LogP contribution in [-0.4, -0.2) is 21.0 Å². The van der Waals surface area contributed by atoms with Crippen molar-refractivity contribution >= 4 is 34.0 Å². The Morgan fingerprint density at radius 2 is 2.21 bits per heavy atom. The molecule has 5 nitrogen and oxygen atoms in total. The van der Waals surface area contributed by atoms with Gasteiger partial charge in [0.25, 0.3) is 5.56 Å². The van der Waals surface area contributed by atoms with Crippen molar-refractivity contribution in [2.75, 3.05) is 5.75 Å². The lowest BCUT2D eigenvalue weighted by Gasteiger charge is -2.37. The molecule has 0 fully saturated rings. The maximum atomic E-state index is 12.5. The highest BCUT2D eigenvalue weighted by Crippen LogP contribution is 2.41. The van der Waals surface area contributed by atoms with E-state index < -0.39 is 0 Å². The number of aromatic nitrogens is 2. The molecule has 7 heteroatoms. The van der Waals surface area contributed by atoms with Gasteiger partial charge in [0, 0.05) is 23.4 Å². The van der Waals surface area contributed by atoms with Gasteiger partial charge in [-0.2, -0.15) is 0 Å². The number of amides is 1. The topological polar surface area (TPSA) is 63.5 Å². The number of carbonyl (C=O) groups excluding carboxylic acids is 1. The second kappa shape index (κ2) is 7.72. The summed E-state index contributed by atoms with van der Waals surface area (Å²) in [5.74, 6) is 0.928. The van der Waals surface area contributed by atoms with Gasteiger partial charge in [0.15, 0.2) is 4.96 Å². The first-order valence-electron chi connectivity index (χ1n) is 9.36. The third-order valence-corrected chi connectivity index (χ3v) is 7.02. The lowest BCUT2D eigenvalue weighted by Crippen LogP contribution is -2.36. The summed E-state index contributed by atoms with van der Waals surface area (Å²) in [5.41, 5.74) is 3.35. The minimum absolute atomic E-state index is 0.0263. The highest BCUT2D eigenvalue weighted by atomic mass is 32.2. The van der Waals surface area contributed by atoms with Gasteiger partial charge in [0.1, 0.15) is 0 Å². The molecule has 1 aliphatic carbocycles. The number of rotatable bonds is 5. The molecule has 146 valence electrons. The fraction of sp³-hybridized carbons (Fsp3) is 0.381. The zero-order valence-electron chi connectivity index (χ0n) is 16.0. The van der Waals surface area contributed by atoms with Gasteiger partial charge in [-0.3, -0.25) is 14.0 Å². The predicted molar refractivity (Wildman–Crippen MR) is 115 cm³/mol. The quantitative estimate of drug-likeness (QED) is 0.689. The molecule has 2 aromatic heterocycles. The number of benzene rings is 1. The van der Waals surface area contributed by atoms with Gasteiger partial charge in [-0.15, -0.1) is 23.1 Å². The lowest BCUT2D eigenvalue weighted by molar-refractivity contribution is -0.119. The third kappa shape index (κ3) is 3.86. The Kier molecular flexibility index (Phi) is 5.29. The summed E-state index contributed by atoms with van der Waals surface area (Å²) in [6.07, 6.45) is 3.73. The second-order valence-corrected chi connectivity index (χ2v) is 9.62. The average molecular weight is 414 g/mol. The maximum absolute atomic E-state index is 12.5. The van der Waals surface area contributed by atoms with E-state index in [-0.39, 0.29) is 22.9 Å². The first kappa shape index (κ1) is 19.2. The average Bonchev–Trinajstić information content (AvgIpc) is 3.14. The van der Waals surface area contributed by atoms with Crippen molar-refractivity contribution in [1.29, 1.82) is 0 Å². The van der Waals surface area contributed by atoms with E-state index in [0.29, 0.717) is 16.5 Å². The molecule has 3 aromatic rings. The Balaban J connectivity index is 1.36. The van der Waals surface area contributed by atoms with Gasteiger partial charge in [0.2, 0.25) is 5.91 Å². The number of nitrogens with zero attached hydrogens (tertiary/aromatic N) is 2. The normalized spacial score (nSPS) is 18.0. The van der Waals surface area contributed by atoms with Crippen molar-refractivity contribution in [1.82, 2.24) is 14.7 Å². The van der Waals surface area contributed by atoms with Crippen LogP contribution in [-0.2, 0) is 16.0 Å². The van der Waals surface area contributed by atoms with Crippen LogP contribution in [0.1, 0.15) is 49.6 Å². The molecule has 1 aliphatic rings. The smallest absolute Gasteiger partial charge is 0.258 e. The van der Waals surface area contributed by atoms with Crippen molar-refractivity contribution in [2.45, 2.75) is 43.9 Å². The Morgan fingerprint density at radius 1 is 1.39 bits per heavy atom. The summed E-state index contributed by atoms with van der Waals surface area (Å²) in [6, 6.07) is 10.0. The molecule has 1 N–H and O–H groups in total. The van der Waals surface area contributed by atoms with E-state index in [2.05, 4.69) is 42.3 Å². The molecule has 1 amide bonds. The molecule has 0 spiro atoms. The van der Waals surface area contributed by atoms with Crippen LogP contribution in [0.5, 0.6) is 0 Å². The monoisotopic (exact) mass is 413 g/mol. The van der Waals surface area contributed by atoms with Crippen LogP contribution in [0.2, 0.25) is 0 Å². The number of carbonyl (C=O) groups is 1. The standard InChI is InChI=1S/C21H23N3O2S2/c1-21(2)8-7-17(15-5-3-4-6-16(15)21)23-18(25)13-27-12-14-11-19(26)24-9-10-28-20(24)22-14/h3-6,9-11,17H,7-8,12-13H2,1-2H3,(H,23,25). The van der Waals surface area contributed by atoms with Gasteiger partial charge >= 0.3 is 0 Å². The lowest BCUT2D eigenvalue weighted by atomic mass is 9.71. The van der Waals surface area contributed by atoms with Gasteiger partial charge in [-0.1, -0.05) is 38.1 Å². The third-order valence-electron chi connectivity index (χ3n) is 5.30. The first-order chi connectivity index (χ1) is 13.4. The number of thioether (sulfide) groups is 1. The van der Waals surface area contributed by atoms with E-state index in [0.717, 1.165) is 18.5 Å². The summed E-state index contributed by atoms with van der Waals surface area (Å²) in [7, 11) is 0. The molecule has 1 aromatic carbocycles. The molecule has 0 bridgehead atoms. The molecule has 0 saturated heterocycles. The predicted octanol–water partition coefficient (Wildman–Crippen LogP) is 3.92.